The van der Waals surface area contributed by atoms with E-state index >= 15 is 17.6 Å². The minimum absolute atomic E-state index is 0.0262. The molecule has 4 saturated heterocycles. The van der Waals surface area contributed by atoms with Crippen molar-refractivity contribution in [2.24, 2.45) is 0 Å². The maximum Gasteiger partial charge on any atom is 0.490 e. The highest BCUT2D eigenvalue weighted by atomic mass is 31.3. The lowest BCUT2D eigenvalue weighted by atomic mass is 9.94. The molecule has 4 fully saturated rings. The average molecular weight is 2230 g/mol. The zero-order valence-electron chi connectivity index (χ0n) is 69.9. The highest BCUT2D eigenvalue weighted by Gasteiger charge is 2.65. The van der Waals surface area contributed by atoms with Crippen molar-refractivity contribution in [2.75, 3.05) is 39.8 Å². The maximum atomic E-state index is 15.8. The number of alkyl halides is 8. The van der Waals surface area contributed by atoms with Gasteiger partial charge < -0.3 is 118 Å². The Morgan fingerprint density at radius 2 is 0.625 bits per heavy atom. The second kappa shape index (κ2) is 45.9. The SMILES string of the molecule is C[C@H](OP(=O)(O)OP(=O)(O)OP(=O)(O)O)[C@H]1O[C@@H](n2ncc(=O)[nH]c2=O)C(F)(C#CCF)[C@H]1O.Cc1cc(=O)[nH]c(=O)n1[C@@H]1O[C@H]([C@H](C)OP(=O)(O)OP(=O)(O)OP(=O)(O)O)[C@H](O)C1(F)C#CCF.[2H]C([2H])(OP(=O)(O)OP(=O)(O)OP(=O)(O)O)[C@H]1O[C@@H](n2c(C)cc(=O)[nH]c2=O)C(F)(C#CCF)[C@H]1O.[2H]C([2H])(OP(=O)(O)OP(=O)(O)OP(=O)(O)O)[C@H]1O[C@@H](n2ncc(=O)[nH]c2=O)C(F)(C#CCF)[C@H]1O. The fourth-order valence-electron chi connectivity index (χ4n) is 10.7. The van der Waals surface area contributed by atoms with Crippen molar-refractivity contribution in [1.82, 2.24) is 48.6 Å². The highest BCUT2D eigenvalue weighted by molar-refractivity contribution is 7.68. The molecular weight excluding hydrogens is 2160 g/mol. The van der Waals surface area contributed by atoms with Crippen molar-refractivity contribution in [3.8, 4) is 47.4 Å². The number of phosphoric acid groups is 12. The first-order valence-electron chi connectivity index (χ1n) is 35.8. The quantitative estimate of drug-likeness (QED) is 0.0124. The first-order valence-corrected chi connectivity index (χ1v) is 51.9. The van der Waals surface area contributed by atoms with Crippen LogP contribution in [0.4, 0.5) is 35.1 Å². The van der Waals surface area contributed by atoms with Gasteiger partial charge in [0, 0.05) is 23.5 Å². The summed E-state index contributed by atoms with van der Waals surface area (Å²) in [5.41, 5.74) is -23.3. The summed E-state index contributed by atoms with van der Waals surface area (Å²) < 4.78 is 347. The number of aliphatic hydroxyl groups excluding tert-OH is 4. The third-order valence-corrected chi connectivity index (χ3v) is 30.5. The Morgan fingerprint density at radius 3 is 0.904 bits per heavy atom. The molecule has 8 rings (SSSR count). The van der Waals surface area contributed by atoms with Crippen LogP contribution in [-0.4, -0.2) is 271 Å². The predicted molar refractivity (Wildman–Crippen MR) is 409 cm³/mol. The molecule has 0 spiro atoms. The Balaban J connectivity index is 0.000000329. The van der Waals surface area contributed by atoms with Crippen LogP contribution >= 0.6 is 93.9 Å². The lowest BCUT2D eigenvalue weighted by Gasteiger charge is -2.25. The standard InChI is InChI=1S/C14H19F2N2O14P3.C13H17F2N2O14P3.C12H16F2N3O14P3.C11H14F2N3O14P3/c1-7-6-9(19)17-13(21)18(7)12-14(16,4-3-5-15)11(20)10(29-12)8(2)30-34(25,26)32-35(27,28)31-33(22,23)24;1-7-5-9(18)16-12(20)17(7)11-13(15,3-2-4-14)10(19)8(29-11)6-28-33(24,25)31-34(26,27)30-32(21,22)23;1-6(29-33(24,25)31-34(26,27)30-32(21,22)23)8-9(19)12(14,3-2-4-13)10(28-8)17-11(20)16-7(18)5-15-17;12-3-1-2-11(13)8(18)6(28-9(11)16-10(19)15-7(17)4-14-16)5-27-32(23,24)30-33(25,26)29-31(20,21)22/h6,8,10-12,20H,5H2,1-2H3,(H,25,26)(H,27,28)(H,17,19,21)(H2,22,23,24);5,8,10-11,19H,4,6H2,1H3,(H,24,25)(H,26,27)(H,16,18,20)(H2,21,22,23);5-6,8-10,19H,4H2,1H3,(H,24,25)(H,26,27)(H,16,18,20)(H2,21,22,23);4,6,8-9,18H,3,5H2,(H,23,24)(H,25,26)(H,15,17,19)(H2,20,21,22)/t8-,10+,11-,12+,14?;8-,10+,11-,13?;6-,8+,9-,10+,12?;6-,8+,9-,11?/m0101/s1/i;6D2;;5D2. The number of aromatic amines is 4. The number of aryl methyl sites for hydroxylation is 2. The van der Waals surface area contributed by atoms with Gasteiger partial charge in [-0.15, -0.1) is 0 Å². The molecular formula is C50H66F8N10O56P12. The van der Waals surface area contributed by atoms with Gasteiger partial charge in [-0.25, -0.2) is 109 Å². The first-order chi connectivity index (χ1) is 63.1. The van der Waals surface area contributed by atoms with Crippen LogP contribution in [0.1, 0.15) is 55.6 Å². The molecule has 0 radical (unpaired) electrons. The van der Waals surface area contributed by atoms with E-state index in [0.29, 0.717) is 21.5 Å². The average Bonchev–Trinajstić information content (AvgIpc) is 1.59. The number of H-pyrrole nitrogens is 4. The second-order valence-corrected chi connectivity index (χ2v) is 42.8. The summed E-state index contributed by atoms with van der Waals surface area (Å²) in [6.07, 6.45) is -32.2. The van der Waals surface area contributed by atoms with Gasteiger partial charge in [-0.3, -0.25) is 66.3 Å². The highest BCUT2D eigenvalue weighted by Crippen LogP contribution is 2.71. The van der Waals surface area contributed by atoms with E-state index in [1.807, 2.05) is 4.98 Å². The summed E-state index contributed by atoms with van der Waals surface area (Å²) in [7, 11) is -70.6. The van der Waals surface area contributed by atoms with E-state index in [4.69, 9.17) is 68.5 Å². The molecule has 4 aromatic heterocycles. The van der Waals surface area contributed by atoms with Crippen molar-refractivity contribution in [3.05, 3.63) is 119 Å². The van der Waals surface area contributed by atoms with Gasteiger partial charge in [0.15, 0.2) is 12.5 Å². The third kappa shape index (κ3) is 33.9. The number of phosphoric ester groups is 4. The molecule has 4 aromatic rings. The van der Waals surface area contributed by atoms with Gasteiger partial charge >= 0.3 is 117 Å². The summed E-state index contributed by atoms with van der Waals surface area (Å²) >= 11 is 0. The Labute approximate surface area is 748 Å². The Morgan fingerprint density at radius 1 is 0.382 bits per heavy atom. The lowest BCUT2D eigenvalue weighted by molar-refractivity contribution is -0.0829. The third-order valence-electron chi connectivity index (χ3n) is 15.3. The summed E-state index contributed by atoms with van der Waals surface area (Å²) in [5.74, 6) is 13.2. The van der Waals surface area contributed by atoms with Crippen LogP contribution in [0, 0.1) is 61.2 Å². The Bertz CT molecular complexity index is 6720. The molecule has 24 N–H and O–H groups in total. The zero-order chi connectivity index (χ0) is 108. The molecule has 0 bridgehead atoms. The molecule has 136 heavy (non-hydrogen) atoms. The number of nitrogens with zero attached hydrogens (tertiary/aromatic N) is 6. The molecule has 4 aliphatic rings. The molecule has 0 amide bonds. The van der Waals surface area contributed by atoms with E-state index in [2.05, 4.69) is 62.8 Å². The Hall–Kier alpha value is -6.42. The molecule has 0 saturated carbocycles. The van der Waals surface area contributed by atoms with Crippen LogP contribution in [0.3, 0.4) is 0 Å². The first kappa shape index (κ1) is 113. The topological polar surface area (TPSA) is 1000 Å². The minimum Gasteiger partial charge on any atom is -0.386 e. The molecule has 66 nitrogen and oxygen atoms in total. The molecule has 86 heteroatoms. The van der Waals surface area contributed by atoms with Crippen molar-refractivity contribution in [2.45, 2.75) is 136 Å². The molecule has 8 heterocycles. The van der Waals surface area contributed by atoms with E-state index < -0.39 is 287 Å². The molecule has 12 unspecified atom stereocenters. The molecule has 4 aliphatic heterocycles. The van der Waals surface area contributed by atoms with E-state index in [1.54, 1.807) is 62.3 Å². The summed E-state index contributed by atoms with van der Waals surface area (Å²) in [5, 5.41) is 48.3. The second-order valence-electron chi connectivity index (χ2n) is 25.4. The van der Waals surface area contributed by atoms with Gasteiger partial charge in [0.2, 0.25) is 35.1 Å². The zero-order valence-corrected chi connectivity index (χ0v) is 76.7. The number of rotatable bonds is 32. The van der Waals surface area contributed by atoms with Gasteiger partial charge in [-0.2, -0.15) is 54.0 Å². The van der Waals surface area contributed by atoms with Gasteiger partial charge in [-0.1, -0.05) is 47.4 Å². The smallest absolute Gasteiger partial charge is 0.386 e. The predicted octanol–water partition coefficient (Wildman–Crippen LogP) is -4.54. The monoisotopic (exact) mass is 2230 g/mol. The number of ether oxygens (including phenoxy) is 4. The number of hydrogen-bond acceptors (Lipinski definition) is 42. The van der Waals surface area contributed by atoms with Gasteiger partial charge in [-0.05, 0) is 27.7 Å². The van der Waals surface area contributed by atoms with Gasteiger partial charge in [0.1, 0.15) is 87.9 Å². The molecule has 0 aliphatic carbocycles. The van der Waals surface area contributed by atoms with Crippen molar-refractivity contribution in [3.63, 3.8) is 0 Å². The van der Waals surface area contributed by atoms with Crippen LogP contribution in [0.5, 0.6) is 0 Å². The summed E-state index contributed by atoms with van der Waals surface area (Å²) in [6.45, 7) is -9.48. The van der Waals surface area contributed by atoms with Crippen LogP contribution < -0.4 is 45.0 Å². The number of halogens is 8. The minimum atomic E-state index is -6.17. The summed E-state index contributed by atoms with van der Waals surface area (Å²) in [4.78, 5) is 244. The number of aromatic nitrogens is 10. The normalized spacial score (nSPS) is 29.6. The van der Waals surface area contributed by atoms with Crippen LogP contribution in [-0.2, 0) is 126 Å². The molecule has 768 valence electrons. The van der Waals surface area contributed by atoms with E-state index in [9.17, 15) is 165 Å². The fraction of sp³-hybridized carbons (Fsp3) is 0.560. The lowest BCUT2D eigenvalue weighted by Crippen LogP contribution is -2.47. The van der Waals surface area contributed by atoms with Crippen LogP contribution in [0.25, 0.3) is 0 Å². The van der Waals surface area contributed by atoms with Crippen LogP contribution in [0.15, 0.2) is 62.9 Å². The van der Waals surface area contributed by atoms with Crippen LogP contribution in [0.2, 0.25) is 0 Å². The van der Waals surface area contributed by atoms with E-state index in [1.165, 1.54) is 6.92 Å². The summed E-state index contributed by atoms with van der Waals surface area (Å²) in [6, 6.07) is 1.64. The maximum absolute atomic E-state index is 15.8. The Kier molecular flexibility index (Phi) is 38.2. The fourth-order valence-corrected chi connectivity index (χ4v) is 22.9. The number of hydrogen-bond donors (Lipinski definition) is 24. The van der Waals surface area contributed by atoms with Gasteiger partial charge in [0.25, 0.3) is 22.2 Å². The van der Waals surface area contributed by atoms with Crippen molar-refractivity contribution in [1.29, 1.82) is 0 Å². The largest absolute Gasteiger partial charge is 0.490 e. The molecule has 26 atom stereocenters. The van der Waals surface area contributed by atoms with E-state index in [0.717, 1.165) is 32.9 Å². The molecule has 0 aromatic carbocycles. The van der Waals surface area contributed by atoms with Crippen molar-refractivity contribution < 1.29 is 266 Å². The van der Waals surface area contributed by atoms with E-state index in [-0.39, 0.29) is 20.8 Å². The number of nitrogens with one attached hydrogen (secondary N) is 4. The number of aliphatic hydroxyl groups is 4. The van der Waals surface area contributed by atoms with Gasteiger partial charge in [0.05, 0.1) is 30.8 Å². The van der Waals surface area contributed by atoms with Crippen molar-refractivity contribution >= 4 is 93.9 Å².